The van der Waals surface area contributed by atoms with Crippen molar-refractivity contribution in [2.24, 2.45) is 0 Å². The first-order valence-corrected chi connectivity index (χ1v) is 7.42. The van der Waals surface area contributed by atoms with Gasteiger partial charge in [0.15, 0.2) is 5.78 Å². The zero-order chi connectivity index (χ0) is 16.7. The number of anilines is 1. The Kier molecular flexibility index (Phi) is 5.69. The molecule has 0 saturated heterocycles. The van der Waals surface area contributed by atoms with E-state index in [9.17, 15) is 9.59 Å². The summed E-state index contributed by atoms with van der Waals surface area (Å²) in [6.45, 7) is 3.90. The number of carbonyl (C=O) groups excluding carboxylic acids is 2. The minimum atomic E-state index is -0.363. The zero-order valence-corrected chi connectivity index (χ0v) is 13.2. The van der Waals surface area contributed by atoms with Crippen molar-refractivity contribution in [2.45, 2.75) is 13.8 Å². The van der Waals surface area contributed by atoms with Gasteiger partial charge in [0.05, 0.1) is 12.2 Å². The summed E-state index contributed by atoms with van der Waals surface area (Å²) in [6.07, 6.45) is 1.53. The Morgan fingerprint density at radius 3 is 2.43 bits per heavy atom. The largest absolute Gasteiger partial charge is 0.462 e. The fraction of sp³-hybridized carbons (Fsp3) is 0.158. The molecule has 0 saturated carbocycles. The Bertz CT molecular complexity index is 720. The van der Waals surface area contributed by atoms with Crippen molar-refractivity contribution in [3.8, 4) is 0 Å². The van der Waals surface area contributed by atoms with Gasteiger partial charge in [-0.3, -0.25) is 4.79 Å². The number of nitrogens with one attached hydrogen (secondary N) is 1. The molecule has 0 heterocycles. The van der Waals surface area contributed by atoms with Gasteiger partial charge in [0.2, 0.25) is 0 Å². The molecule has 0 aliphatic carbocycles. The Balaban J connectivity index is 2.09. The van der Waals surface area contributed by atoms with Crippen LogP contribution in [0.4, 0.5) is 5.69 Å². The van der Waals surface area contributed by atoms with Crippen LogP contribution in [0.5, 0.6) is 0 Å². The topological polar surface area (TPSA) is 55.4 Å². The van der Waals surface area contributed by atoms with Gasteiger partial charge in [-0.25, -0.2) is 4.79 Å². The van der Waals surface area contributed by atoms with E-state index in [1.807, 2.05) is 24.3 Å². The lowest BCUT2D eigenvalue weighted by Crippen LogP contribution is -2.06. The second kappa shape index (κ2) is 7.94. The summed E-state index contributed by atoms with van der Waals surface area (Å²) in [6, 6.07) is 16.0. The first-order valence-electron chi connectivity index (χ1n) is 7.42. The summed E-state index contributed by atoms with van der Waals surface area (Å²) in [4.78, 5) is 23.8. The lowest BCUT2D eigenvalue weighted by molar-refractivity contribution is 0.0526. The van der Waals surface area contributed by atoms with E-state index in [0.717, 1.165) is 5.69 Å². The van der Waals surface area contributed by atoms with Crippen LogP contribution < -0.4 is 5.32 Å². The molecule has 4 nitrogen and oxygen atoms in total. The van der Waals surface area contributed by atoms with E-state index < -0.39 is 0 Å². The molecular weight excluding hydrogens is 290 g/mol. The number of benzene rings is 2. The van der Waals surface area contributed by atoms with E-state index in [4.69, 9.17) is 4.74 Å². The van der Waals surface area contributed by atoms with Gasteiger partial charge in [-0.1, -0.05) is 36.4 Å². The predicted molar refractivity (Wildman–Crippen MR) is 90.6 cm³/mol. The van der Waals surface area contributed by atoms with Gasteiger partial charge in [0, 0.05) is 23.0 Å². The fourth-order valence-electron chi connectivity index (χ4n) is 2.08. The van der Waals surface area contributed by atoms with E-state index in [1.165, 1.54) is 6.08 Å². The summed E-state index contributed by atoms with van der Waals surface area (Å²) in [5.74, 6) is -0.435. The Hall–Kier alpha value is -2.88. The highest BCUT2D eigenvalue weighted by Gasteiger charge is 2.07. The van der Waals surface area contributed by atoms with E-state index >= 15 is 0 Å². The highest BCUT2D eigenvalue weighted by molar-refractivity contribution is 6.05. The molecule has 1 N–H and O–H groups in total. The quantitative estimate of drug-likeness (QED) is 0.496. The van der Waals surface area contributed by atoms with Crippen molar-refractivity contribution in [2.75, 3.05) is 11.9 Å². The molecule has 4 heteroatoms. The van der Waals surface area contributed by atoms with Crippen molar-refractivity contribution >= 4 is 17.4 Å². The van der Waals surface area contributed by atoms with Gasteiger partial charge >= 0.3 is 5.97 Å². The minimum absolute atomic E-state index is 0.0721. The summed E-state index contributed by atoms with van der Waals surface area (Å²) < 4.78 is 4.97. The van der Waals surface area contributed by atoms with Crippen molar-refractivity contribution in [1.82, 2.24) is 0 Å². The van der Waals surface area contributed by atoms with Crippen LogP contribution in [0.1, 0.15) is 34.6 Å². The summed E-state index contributed by atoms with van der Waals surface area (Å²) in [7, 11) is 0. The Labute approximate surface area is 135 Å². The number of esters is 1. The van der Waals surface area contributed by atoms with Crippen molar-refractivity contribution in [3.63, 3.8) is 0 Å². The number of carbonyl (C=O) groups is 2. The highest BCUT2D eigenvalue weighted by Crippen LogP contribution is 2.14. The summed E-state index contributed by atoms with van der Waals surface area (Å²) in [5.41, 5.74) is 2.53. The van der Waals surface area contributed by atoms with Crippen LogP contribution in [0.3, 0.4) is 0 Å². The Morgan fingerprint density at radius 2 is 1.74 bits per heavy atom. The molecule has 0 unspecified atom stereocenters. The van der Waals surface area contributed by atoms with Crippen LogP contribution >= 0.6 is 0 Å². The standard InChI is InChI=1S/C19H19NO3/c1-3-23-19(22)16-10-7-11-17(13-16)20-14(2)12-18(21)15-8-5-4-6-9-15/h4-13,20H,3H2,1-2H3/b14-12+. The van der Waals surface area contributed by atoms with Gasteiger partial charge in [-0.05, 0) is 32.0 Å². The average Bonchev–Trinajstić information content (AvgIpc) is 2.56. The molecule has 0 atom stereocenters. The Morgan fingerprint density at radius 1 is 1.04 bits per heavy atom. The normalized spacial score (nSPS) is 11.0. The molecule has 0 spiro atoms. The number of rotatable bonds is 6. The molecule has 0 aromatic heterocycles. The minimum Gasteiger partial charge on any atom is -0.462 e. The van der Waals surface area contributed by atoms with Crippen molar-refractivity contribution in [3.05, 3.63) is 77.5 Å². The van der Waals surface area contributed by atoms with Crippen LogP contribution in [0.15, 0.2) is 66.4 Å². The van der Waals surface area contributed by atoms with E-state index in [-0.39, 0.29) is 11.8 Å². The van der Waals surface area contributed by atoms with Crippen molar-refractivity contribution < 1.29 is 14.3 Å². The van der Waals surface area contributed by atoms with Crippen LogP contribution in [-0.4, -0.2) is 18.4 Å². The first kappa shape index (κ1) is 16.5. The predicted octanol–water partition coefficient (Wildman–Crippen LogP) is 4.06. The lowest BCUT2D eigenvalue weighted by Gasteiger charge is -2.08. The van der Waals surface area contributed by atoms with E-state index in [2.05, 4.69) is 5.32 Å². The molecule has 0 radical (unpaired) electrons. The molecule has 0 fully saturated rings. The monoisotopic (exact) mass is 309 g/mol. The number of hydrogen-bond acceptors (Lipinski definition) is 4. The van der Waals surface area contributed by atoms with Crippen molar-refractivity contribution in [1.29, 1.82) is 0 Å². The third-order valence-corrected chi connectivity index (χ3v) is 3.12. The van der Waals surface area contributed by atoms with E-state index in [1.54, 1.807) is 44.2 Å². The van der Waals surface area contributed by atoms with Gasteiger partial charge in [0.1, 0.15) is 0 Å². The molecule has 118 valence electrons. The molecule has 2 aromatic rings. The molecule has 2 aromatic carbocycles. The van der Waals surface area contributed by atoms with Gasteiger partial charge in [-0.2, -0.15) is 0 Å². The maximum atomic E-state index is 12.1. The van der Waals surface area contributed by atoms with Crippen LogP contribution in [-0.2, 0) is 4.74 Å². The lowest BCUT2D eigenvalue weighted by atomic mass is 10.1. The van der Waals surface area contributed by atoms with Gasteiger partial charge < -0.3 is 10.1 Å². The maximum Gasteiger partial charge on any atom is 0.338 e. The maximum absolute atomic E-state index is 12.1. The molecule has 0 aliphatic rings. The smallest absolute Gasteiger partial charge is 0.338 e. The van der Waals surface area contributed by atoms with Gasteiger partial charge in [-0.15, -0.1) is 0 Å². The summed E-state index contributed by atoms with van der Waals surface area (Å²) >= 11 is 0. The second-order valence-corrected chi connectivity index (χ2v) is 4.98. The fourth-order valence-corrected chi connectivity index (χ4v) is 2.08. The second-order valence-electron chi connectivity index (χ2n) is 4.98. The number of ketones is 1. The third-order valence-electron chi connectivity index (χ3n) is 3.12. The number of ether oxygens (including phenoxy) is 1. The van der Waals surface area contributed by atoms with Crippen LogP contribution in [0.25, 0.3) is 0 Å². The SMILES string of the molecule is CCOC(=O)c1cccc(N/C(C)=C/C(=O)c2ccccc2)c1. The molecule has 23 heavy (non-hydrogen) atoms. The molecule has 2 rings (SSSR count). The number of allylic oxidation sites excluding steroid dienone is 2. The van der Waals surface area contributed by atoms with Crippen LogP contribution in [0.2, 0.25) is 0 Å². The molecule has 0 aliphatic heterocycles. The molecule has 0 bridgehead atoms. The highest BCUT2D eigenvalue weighted by atomic mass is 16.5. The average molecular weight is 309 g/mol. The number of hydrogen-bond donors (Lipinski definition) is 1. The molecular formula is C19H19NO3. The first-order chi connectivity index (χ1) is 11.1. The molecule has 0 amide bonds. The van der Waals surface area contributed by atoms with E-state index in [0.29, 0.717) is 23.4 Å². The zero-order valence-electron chi connectivity index (χ0n) is 13.2. The third kappa shape index (κ3) is 4.81. The van der Waals surface area contributed by atoms with Gasteiger partial charge in [0.25, 0.3) is 0 Å². The van der Waals surface area contributed by atoms with Crippen LogP contribution in [0, 0.1) is 0 Å². The summed E-state index contributed by atoms with van der Waals surface area (Å²) in [5, 5.41) is 3.11.